The molecule has 1 aromatic carbocycles. The number of hydrogen-bond donors (Lipinski definition) is 1. The number of aryl methyl sites for hydroxylation is 3. The summed E-state index contributed by atoms with van der Waals surface area (Å²) in [5.74, 6) is 2.25. The number of nitrogens with one attached hydrogen (secondary N) is 1. The third kappa shape index (κ3) is 2.72. The average Bonchev–Trinajstić information content (AvgIpc) is 3.06. The lowest BCUT2D eigenvalue weighted by Crippen LogP contribution is -2.39. The molecule has 5 nitrogen and oxygen atoms in total. The van der Waals surface area contributed by atoms with E-state index in [4.69, 9.17) is 16.6 Å². The van der Waals surface area contributed by atoms with Gasteiger partial charge in [-0.3, -0.25) is 0 Å². The molecule has 2 aromatic heterocycles. The van der Waals surface area contributed by atoms with E-state index in [0.717, 1.165) is 47.0 Å². The maximum atomic E-state index is 6.09. The van der Waals surface area contributed by atoms with Crippen LogP contribution in [0.2, 0.25) is 5.02 Å². The van der Waals surface area contributed by atoms with Crippen LogP contribution in [0.25, 0.3) is 11.0 Å². The fourth-order valence-electron chi connectivity index (χ4n) is 3.73. The number of aromatic nitrogens is 4. The Kier molecular flexibility index (Phi) is 3.85. The molecule has 3 heterocycles. The van der Waals surface area contributed by atoms with Crippen LogP contribution in [0.3, 0.4) is 0 Å². The molecule has 2 unspecified atom stereocenters. The summed E-state index contributed by atoms with van der Waals surface area (Å²) in [6, 6.07) is 6.48. The molecule has 0 amide bonds. The molecular formula is C18H22ClN5. The molecule has 4 rings (SSSR count). The van der Waals surface area contributed by atoms with Gasteiger partial charge in [0.25, 0.3) is 0 Å². The maximum Gasteiger partial charge on any atom is 0.126 e. The molecule has 1 N–H and O–H groups in total. The van der Waals surface area contributed by atoms with Crippen molar-refractivity contribution in [3.8, 4) is 0 Å². The second kappa shape index (κ2) is 5.90. The van der Waals surface area contributed by atoms with E-state index in [0.29, 0.717) is 6.04 Å². The molecule has 3 aromatic rings. The van der Waals surface area contributed by atoms with Gasteiger partial charge in [0.2, 0.25) is 0 Å². The van der Waals surface area contributed by atoms with Crippen LogP contribution in [0, 0.1) is 6.92 Å². The van der Waals surface area contributed by atoms with Crippen LogP contribution in [0.1, 0.15) is 36.7 Å². The Hall–Kier alpha value is -1.85. The van der Waals surface area contributed by atoms with Crippen LogP contribution in [-0.2, 0) is 20.0 Å². The van der Waals surface area contributed by atoms with Crippen molar-refractivity contribution in [1.29, 1.82) is 0 Å². The molecule has 0 saturated heterocycles. The summed E-state index contributed by atoms with van der Waals surface area (Å²) >= 11 is 6.09. The van der Waals surface area contributed by atoms with Crippen molar-refractivity contribution in [1.82, 2.24) is 24.4 Å². The van der Waals surface area contributed by atoms with Crippen molar-refractivity contribution in [3.05, 3.63) is 46.8 Å². The summed E-state index contributed by atoms with van der Waals surface area (Å²) in [4.78, 5) is 9.36. The summed E-state index contributed by atoms with van der Waals surface area (Å²) in [5, 5.41) is 4.46. The third-order valence-electron chi connectivity index (χ3n) is 4.86. The van der Waals surface area contributed by atoms with Gasteiger partial charge in [0.1, 0.15) is 11.6 Å². The molecule has 126 valence electrons. The first-order valence-electron chi connectivity index (χ1n) is 8.42. The van der Waals surface area contributed by atoms with Gasteiger partial charge in [-0.25, -0.2) is 9.97 Å². The molecule has 24 heavy (non-hydrogen) atoms. The average molecular weight is 344 g/mol. The molecule has 0 bridgehead atoms. The zero-order chi connectivity index (χ0) is 16.8. The summed E-state index contributed by atoms with van der Waals surface area (Å²) in [6.45, 7) is 5.20. The van der Waals surface area contributed by atoms with Crippen molar-refractivity contribution in [2.75, 3.05) is 0 Å². The van der Waals surface area contributed by atoms with Crippen LogP contribution < -0.4 is 5.32 Å². The number of benzene rings is 1. The number of hydrogen-bond acceptors (Lipinski definition) is 3. The molecule has 6 heteroatoms. The maximum absolute atomic E-state index is 6.09. The van der Waals surface area contributed by atoms with E-state index in [-0.39, 0.29) is 6.04 Å². The lowest BCUT2D eigenvalue weighted by Gasteiger charge is -2.27. The van der Waals surface area contributed by atoms with Crippen LogP contribution in [0.5, 0.6) is 0 Å². The van der Waals surface area contributed by atoms with E-state index in [2.05, 4.69) is 46.5 Å². The van der Waals surface area contributed by atoms with Crippen LogP contribution >= 0.6 is 11.6 Å². The Balaban J connectivity index is 1.54. The Morgan fingerprint density at radius 1 is 1.33 bits per heavy atom. The molecule has 0 radical (unpaired) electrons. The van der Waals surface area contributed by atoms with Gasteiger partial charge < -0.3 is 14.5 Å². The SMILES string of the molecule is Cc1cn2c(n1)CCC(NC(C)c1nc3cc(Cl)ccc3n1C)C2. The fraction of sp³-hybridized carbons (Fsp3) is 0.444. The summed E-state index contributed by atoms with van der Waals surface area (Å²) in [6.07, 6.45) is 4.28. The minimum Gasteiger partial charge on any atom is -0.333 e. The molecule has 1 aliphatic heterocycles. The zero-order valence-corrected chi connectivity index (χ0v) is 15.0. The zero-order valence-electron chi connectivity index (χ0n) is 14.3. The minimum absolute atomic E-state index is 0.178. The van der Waals surface area contributed by atoms with E-state index >= 15 is 0 Å². The first-order chi connectivity index (χ1) is 11.5. The van der Waals surface area contributed by atoms with Gasteiger partial charge >= 0.3 is 0 Å². The first kappa shape index (κ1) is 15.7. The predicted octanol–water partition coefficient (Wildman–Crippen LogP) is 3.40. The van der Waals surface area contributed by atoms with Crippen LogP contribution in [-0.4, -0.2) is 25.1 Å². The highest BCUT2D eigenvalue weighted by Gasteiger charge is 2.23. The second-order valence-corrected chi connectivity index (χ2v) is 7.17. The summed E-state index contributed by atoms with van der Waals surface area (Å²) < 4.78 is 4.43. The third-order valence-corrected chi connectivity index (χ3v) is 5.10. The van der Waals surface area contributed by atoms with Crippen molar-refractivity contribution < 1.29 is 0 Å². The highest BCUT2D eigenvalue weighted by molar-refractivity contribution is 6.31. The molecule has 2 atom stereocenters. The van der Waals surface area contributed by atoms with Gasteiger partial charge in [-0.1, -0.05) is 11.6 Å². The topological polar surface area (TPSA) is 47.7 Å². The lowest BCUT2D eigenvalue weighted by molar-refractivity contribution is 0.344. The smallest absolute Gasteiger partial charge is 0.126 e. The molecule has 0 spiro atoms. The molecular weight excluding hydrogens is 322 g/mol. The van der Waals surface area contributed by atoms with Crippen molar-refractivity contribution in [2.45, 2.75) is 45.3 Å². The lowest BCUT2D eigenvalue weighted by atomic mass is 10.1. The number of nitrogens with zero attached hydrogens (tertiary/aromatic N) is 4. The van der Waals surface area contributed by atoms with Gasteiger partial charge in [0.05, 0.1) is 22.8 Å². The number of imidazole rings is 2. The minimum atomic E-state index is 0.178. The van der Waals surface area contributed by atoms with Crippen molar-refractivity contribution in [3.63, 3.8) is 0 Å². The van der Waals surface area contributed by atoms with Gasteiger partial charge in [-0.05, 0) is 38.5 Å². The van der Waals surface area contributed by atoms with Gasteiger partial charge in [-0.2, -0.15) is 0 Å². The molecule has 0 aliphatic carbocycles. The Morgan fingerprint density at radius 3 is 3.00 bits per heavy atom. The second-order valence-electron chi connectivity index (χ2n) is 6.74. The predicted molar refractivity (Wildman–Crippen MR) is 96.3 cm³/mol. The monoisotopic (exact) mass is 343 g/mol. The summed E-state index contributed by atoms with van der Waals surface area (Å²) in [5.41, 5.74) is 3.16. The molecule has 0 saturated carbocycles. The highest BCUT2D eigenvalue weighted by atomic mass is 35.5. The number of halogens is 1. The summed E-state index contributed by atoms with van der Waals surface area (Å²) in [7, 11) is 2.06. The normalized spacial score (nSPS) is 18.8. The Bertz CT molecular complexity index is 894. The Labute approximate surface area is 146 Å². The van der Waals surface area contributed by atoms with Gasteiger partial charge in [0.15, 0.2) is 0 Å². The van der Waals surface area contributed by atoms with Crippen LogP contribution in [0.15, 0.2) is 24.4 Å². The Morgan fingerprint density at radius 2 is 2.17 bits per heavy atom. The van der Waals surface area contributed by atoms with Gasteiger partial charge in [-0.15, -0.1) is 0 Å². The largest absolute Gasteiger partial charge is 0.333 e. The van der Waals surface area contributed by atoms with Crippen molar-refractivity contribution >= 4 is 22.6 Å². The standard InChI is InChI=1S/C18H22ClN5/c1-11-9-24-10-14(5-7-17(24)20-11)21-12(2)18-22-15-8-13(19)4-6-16(15)23(18)3/h4,6,8-9,12,14,21H,5,7,10H2,1-3H3. The molecule has 0 fully saturated rings. The van der Waals surface area contributed by atoms with E-state index in [1.165, 1.54) is 5.82 Å². The quantitative estimate of drug-likeness (QED) is 0.793. The van der Waals surface area contributed by atoms with E-state index in [9.17, 15) is 0 Å². The van der Waals surface area contributed by atoms with E-state index in [1.54, 1.807) is 0 Å². The molecule has 1 aliphatic rings. The number of rotatable bonds is 3. The van der Waals surface area contributed by atoms with Crippen molar-refractivity contribution in [2.24, 2.45) is 7.05 Å². The highest BCUT2D eigenvalue weighted by Crippen LogP contribution is 2.24. The van der Waals surface area contributed by atoms with E-state index in [1.807, 2.05) is 18.2 Å². The fourth-order valence-corrected chi connectivity index (χ4v) is 3.90. The first-order valence-corrected chi connectivity index (χ1v) is 8.79. The van der Waals surface area contributed by atoms with E-state index < -0.39 is 0 Å². The van der Waals surface area contributed by atoms with Crippen LogP contribution in [0.4, 0.5) is 0 Å². The van der Waals surface area contributed by atoms with Gasteiger partial charge in [0, 0.05) is 37.3 Å². The number of fused-ring (bicyclic) bond motifs is 2.